The lowest BCUT2D eigenvalue weighted by molar-refractivity contribution is 0.390. The summed E-state index contributed by atoms with van der Waals surface area (Å²) in [4.78, 5) is 0.0118. The van der Waals surface area contributed by atoms with E-state index in [1.54, 1.807) is 0 Å². The molecule has 0 aromatic heterocycles. The van der Waals surface area contributed by atoms with Gasteiger partial charge in [-0.15, -0.1) is 0 Å². The first kappa shape index (κ1) is 15.4. The largest absolute Gasteiger partial charge is 0.495 e. The summed E-state index contributed by atoms with van der Waals surface area (Å²) in [5.74, 6) is 1.48. The van der Waals surface area contributed by atoms with Crippen LogP contribution in [0.25, 0.3) is 0 Å². The van der Waals surface area contributed by atoms with E-state index in [4.69, 9.17) is 27.9 Å². The predicted molar refractivity (Wildman–Crippen MR) is 82.6 cm³/mol. The highest BCUT2D eigenvalue weighted by atomic mass is 35.5. The minimum atomic E-state index is -3.67. The van der Waals surface area contributed by atoms with Crippen LogP contribution in [0.1, 0.15) is 25.7 Å². The van der Waals surface area contributed by atoms with Crippen LogP contribution in [0.4, 0.5) is 0 Å². The highest BCUT2D eigenvalue weighted by molar-refractivity contribution is 7.89. The smallest absolute Gasteiger partial charge is 0.242 e. The zero-order valence-corrected chi connectivity index (χ0v) is 13.9. The van der Waals surface area contributed by atoms with Crippen LogP contribution < -0.4 is 9.46 Å². The van der Waals surface area contributed by atoms with Gasteiger partial charge in [0.2, 0.25) is 10.0 Å². The molecule has 3 rings (SSSR count). The number of fused-ring (bicyclic) bond motifs is 2. The molecule has 1 aromatic rings. The van der Waals surface area contributed by atoms with E-state index < -0.39 is 10.0 Å². The Morgan fingerprint density at radius 1 is 1.19 bits per heavy atom. The number of hydrogen-bond donors (Lipinski definition) is 1. The predicted octanol–water partition coefficient (Wildman–Crippen LogP) is 3.47. The van der Waals surface area contributed by atoms with Gasteiger partial charge in [0.15, 0.2) is 0 Å². The van der Waals surface area contributed by atoms with Crippen molar-refractivity contribution in [2.75, 3.05) is 7.11 Å². The van der Waals surface area contributed by atoms with Gasteiger partial charge in [-0.25, -0.2) is 13.1 Å². The van der Waals surface area contributed by atoms with Crippen LogP contribution in [0.2, 0.25) is 10.0 Å². The van der Waals surface area contributed by atoms with Crippen molar-refractivity contribution in [2.24, 2.45) is 11.8 Å². The summed E-state index contributed by atoms with van der Waals surface area (Å²) in [6.45, 7) is 0. The maximum Gasteiger partial charge on any atom is 0.242 e. The van der Waals surface area contributed by atoms with E-state index in [1.807, 2.05) is 0 Å². The van der Waals surface area contributed by atoms with Gasteiger partial charge in [0.05, 0.1) is 12.1 Å². The van der Waals surface area contributed by atoms with Gasteiger partial charge in [0, 0.05) is 6.04 Å². The quantitative estimate of drug-likeness (QED) is 0.905. The molecule has 0 spiro atoms. The molecule has 3 atom stereocenters. The summed E-state index contributed by atoms with van der Waals surface area (Å²) in [6, 6.07) is 2.97. The number of ether oxygens (including phenoxy) is 1. The fraction of sp³-hybridized carbons (Fsp3) is 0.571. The lowest BCUT2D eigenvalue weighted by Gasteiger charge is -2.23. The zero-order valence-electron chi connectivity index (χ0n) is 11.6. The van der Waals surface area contributed by atoms with Crippen molar-refractivity contribution in [3.63, 3.8) is 0 Å². The van der Waals surface area contributed by atoms with Crippen LogP contribution in [0.15, 0.2) is 17.0 Å². The lowest BCUT2D eigenvalue weighted by Crippen LogP contribution is -2.38. The minimum absolute atomic E-state index is 0.00618. The Bertz CT molecular complexity index is 662. The van der Waals surface area contributed by atoms with Gasteiger partial charge < -0.3 is 4.74 Å². The monoisotopic (exact) mass is 349 g/mol. The maximum atomic E-state index is 12.5. The van der Waals surface area contributed by atoms with Gasteiger partial charge in [0.25, 0.3) is 0 Å². The molecule has 7 heteroatoms. The molecule has 1 aromatic carbocycles. The van der Waals surface area contributed by atoms with Crippen molar-refractivity contribution in [2.45, 2.75) is 36.6 Å². The molecule has 2 bridgehead atoms. The molecule has 2 fully saturated rings. The van der Waals surface area contributed by atoms with Crippen LogP contribution in [0, 0.1) is 11.8 Å². The number of halogens is 2. The summed E-state index contributed by atoms with van der Waals surface area (Å²) >= 11 is 12.1. The van der Waals surface area contributed by atoms with E-state index in [9.17, 15) is 8.42 Å². The second kappa shape index (κ2) is 5.61. The molecule has 0 radical (unpaired) electrons. The van der Waals surface area contributed by atoms with Crippen molar-refractivity contribution in [1.29, 1.82) is 0 Å². The fourth-order valence-corrected chi connectivity index (χ4v) is 5.69. The summed E-state index contributed by atoms with van der Waals surface area (Å²) in [6.07, 6.45) is 4.38. The molecule has 4 nitrogen and oxygen atoms in total. The van der Waals surface area contributed by atoms with Gasteiger partial charge in [0.1, 0.15) is 15.7 Å². The standard InChI is InChI=1S/C14H17Cl2NO3S/c1-20-11-4-5-12(14(16)13(11)15)21(18,19)17-10-7-8-2-3-9(10)6-8/h4-5,8-10,17H,2-3,6-7H2,1H3/t8-,9-,10-/m0/s1. The highest BCUT2D eigenvalue weighted by Gasteiger charge is 2.41. The van der Waals surface area contributed by atoms with Gasteiger partial charge in [-0.3, -0.25) is 0 Å². The number of hydrogen-bond acceptors (Lipinski definition) is 3. The first-order valence-electron chi connectivity index (χ1n) is 6.96. The summed E-state index contributed by atoms with van der Waals surface area (Å²) in [7, 11) is -2.21. The van der Waals surface area contributed by atoms with Crippen molar-refractivity contribution in [3.05, 3.63) is 22.2 Å². The normalized spacial score (nSPS) is 28.0. The van der Waals surface area contributed by atoms with Gasteiger partial charge in [-0.2, -0.15) is 0 Å². The van der Waals surface area contributed by atoms with Crippen molar-refractivity contribution < 1.29 is 13.2 Å². The topological polar surface area (TPSA) is 55.4 Å². The molecule has 116 valence electrons. The Morgan fingerprint density at radius 2 is 1.95 bits per heavy atom. The summed E-state index contributed by atoms with van der Waals surface area (Å²) < 4.78 is 32.9. The van der Waals surface area contributed by atoms with E-state index in [0.717, 1.165) is 19.3 Å². The number of sulfonamides is 1. The average molecular weight is 350 g/mol. The van der Waals surface area contributed by atoms with Crippen molar-refractivity contribution >= 4 is 33.2 Å². The highest BCUT2D eigenvalue weighted by Crippen LogP contribution is 2.45. The van der Waals surface area contributed by atoms with Crippen molar-refractivity contribution in [1.82, 2.24) is 4.72 Å². The summed E-state index contributed by atoms with van der Waals surface area (Å²) in [5.41, 5.74) is 0. The van der Waals surface area contributed by atoms with E-state index in [2.05, 4.69) is 4.72 Å². The maximum absolute atomic E-state index is 12.5. The molecule has 2 saturated carbocycles. The molecule has 0 unspecified atom stereocenters. The van der Waals surface area contributed by atoms with Gasteiger partial charge in [-0.05, 0) is 43.2 Å². The second-order valence-corrected chi connectivity index (χ2v) is 8.23. The molecule has 1 N–H and O–H groups in total. The SMILES string of the molecule is COc1ccc(S(=O)(=O)N[C@H]2C[C@H]3CC[C@H]2C3)c(Cl)c1Cl. The first-order valence-corrected chi connectivity index (χ1v) is 9.20. The van der Waals surface area contributed by atoms with Gasteiger partial charge in [-0.1, -0.05) is 29.6 Å². The van der Waals surface area contributed by atoms with Crippen LogP contribution >= 0.6 is 23.2 Å². The molecule has 2 aliphatic rings. The van der Waals surface area contributed by atoms with Crippen LogP contribution in [-0.4, -0.2) is 21.6 Å². The van der Waals surface area contributed by atoms with E-state index in [1.165, 1.54) is 25.7 Å². The Labute approximate surface area is 134 Å². The van der Waals surface area contributed by atoms with Crippen molar-refractivity contribution in [3.8, 4) is 5.75 Å². The Morgan fingerprint density at radius 3 is 2.52 bits per heavy atom. The van der Waals surface area contributed by atoms with E-state index in [0.29, 0.717) is 17.6 Å². The molecular formula is C14H17Cl2NO3S. The zero-order chi connectivity index (χ0) is 15.2. The number of rotatable bonds is 4. The fourth-order valence-electron chi connectivity index (χ4n) is 3.53. The second-order valence-electron chi connectivity index (χ2n) is 5.80. The minimum Gasteiger partial charge on any atom is -0.495 e. The Hall–Kier alpha value is -0.490. The van der Waals surface area contributed by atoms with Gasteiger partial charge >= 0.3 is 0 Å². The van der Waals surface area contributed by atoms with Crippen LogP contribution in [0.5, 0.6) is 5.75 Å². The third-order valence-electron chi connectivity index (χ3n) is 4.57. The molecule has 21 heavy (non-hydrogen) atoms. The molecule has 0 amide bonds. The van der Waals surface area contributed by atoms with Crippen LogP contribution in [0.3, 0.4) is 0 Å². The first-order chi connectivity index (χ1) is 9.92. The van der Waals surface area contributed by atoms with Crippen LogP contribution in [-0.2, 0) is 10.0 Å². The molecule has 0 saturated heterocycles. The number of methoxy groups -OCH3 is 1. The molecule has 0 aliphatic heterocycles. The Kier molecular flexibility index (Phi) is 4.12. The molecule has 0 heterocycles. The lowest BCUT2D eigenvalue weighted by atomic mass is 9.96. The molecule has 2 aliphatic carbocycles. The third kappa shape index (κ3) is 2.77. The third-order valence-corrected chi connectivity index (χ3v) is 7.07. The Balaban J connectivity index is 1.87. The summed E-state index contributed by atoms with van der Waals surface area (Å²) in [5, 5.41) is 0.127. The number of nitrogens with one attached hydrogen (secondary N) is 1. The van der Waals surface area contributed by atoms with E-state index >= 15 is 0 Å². The number of benzene rings is 1. The molecular weight excluding hydrogens is 333 g/mol. The van der Waals surface area contributed by atoms with E-state index in [-0.39, 0.29) is 21.0 Å². The average Bonchev–Trinajstić information content (AvgIpc) is 3.03.